The van der Waals surface area contributed by atoms with Crippen molar-refractivity contribution in [1.82, 2.24) is 19.8 Å². The Morgan fingerprint density at radius 1 is 0.838 bits per heavy atom. The van der Waals surface area contributed by atoms with Crippen molar-refractivity contribution in [3.63, 3.8) is 0 Å². The number of rotatable bonds is 12. The van der Waals surface area contributed by atoms with Crippen LogP contribution in [0.25, 0.3) is 21.8 Å². The normalized spacial score (nSPS) is 12.7. The zero-order chi connectivity index (χ0) is 26.4. The minimum atomic E-state index is -0.0423. The predicted octanol–water partition coefficient (Wildman–Crippen LogP) is 3.43. The van der Waals surface area contributed by atoms with Crippen LogP contribution in [0.15, 0.2) is 54.6 Å². The van der Waals surface area contributed by atoms with Crippen molar-refractivity contribution in [3.8, 4) is 11.5 Å². The number of aromatic hydroxyl groups is 2. The van der Waals surface area contributed by atoms with Gasteiger partial charge in [-0.3, -0.25) is 9.80 Å². The molecule has 2 heterocycles. The van der Waals surface area contributed by atoms with Crippen LogP contribution in [0.1, 0.15) is 30.8 Å². The maximum Gasteiger partial charge on any atom is 0.142 e. The van der Waals surface area contributed by atoms with Gasteiger partial charge in [-0.15, -0.1) is 0 Å². The van der Waals surface area contributed by atoms with Gasteiger partial charge in [0, 0.05) is 48.6 Å². The van der Waals surface area contributed by atoms with Crippen molar-refractivity contribution in [2.45, 2.75) is 39.4 Å². The number of hydrogen-bond donors (Lipinski definition) is 4. The zero-order valence-electron chi connectivity index (χ0n) is 21.5. The summed E-state index contributed by atoms with van der Waals surface area (Å²) < 4.78 is 0. The fourth-order valence-corrected chi connectivity index (χ4v) is 4.87. The molecule has 8 heteroatoms. The molecule has 1 unspecified atom stereocenters. The molecule has 4 N–H and O–H groups in total. The van der Waals surface area contributed by atoms with E-state index in [0.29, 0.717) is 44.0 Å². The molecule has 0 aliphatic carbocycles. The van der Waals surface area contributed by atoms with Crippen molar-refractivity contribution < 1.29 is 20.4 Å². The number of aliphatic hydroxyl groups is 2. The lowest BCUT2D eigenvalue weighted by Gasteiger charge is -2.29. The van der Waals surface area contributed by atoms with E-state index in [0.717, 1.165) is 33.9 Å². The first-order chi connectivity index (χ1) is 17.9. The number of aliphatic hydroxyl groups excluding tert-OH is 2. The zero-order valence-corrected chi connectivity index (χ0v) is 21.5. The van der Waals surface area contributed by atoms with Crippen LogP contribution < -0.4 is 0 Å². The van der Waals surface area contributed by atoms with E-state index in [2.05, 4.69) is 18.7 Å². The number of pyridine rings is 2. The molecule has 4 rings (SSSR count). The molecule has 4 aromatic rings. The standard InChI is InChI=1S/C29H36N4O4/c1-3-33(19-26-28(36)17-21-8-4-6-10-24(21)30-26)20(2)16-23-22-9-5-7-11-25(22)31-27(29(23)37)18-32(12-14-34)13-15-35/h4-11,17,20,34-37H,3,12-16,18-19H2,1-2H3. The Morgan fingerprint density at radius 3 is 2.19 bits per heavy atom. The maximum atomic E-state index is 11.3. The molecule has 0 aliphatic rings. The minimum Gasteiger partial charge on any atom is -0.506 e. The highest BCUT2D eigenvalue weighted by Gasteiger charge is 2.22. The van der Waals surface area contributed by atoms with Gasteiger partial charge in [0.1, 0.15) is 11.5 Å². The van der Waals surface area contributed by atoms with Crippen LogP contribution in [0.4, 0.5) is 0 Å². The van der Waals surface area contributed by atoms with E-state index in [4.69, 9.17) is 9.97 Å². The number of nitrogens with zero attached hydrogens (tertiary/aromatic N) is 4. The first-order valence-electron chi connectivity index (χ1n) is 12.8. The van der Waals surface area contributed by atoms with Gasteiger partial charge in [-0.1, -0.05) is 43.3 Å². The van der Waals surface area contributed by atoms with Gasteiger partial charge in [0.15, 0.2) is 0 Å². The largest absolute Gasteiger partial charge is 0.506 e. The van der Waals surface area contributed by atoms with Crippen LogP contribution in [0.3, 0.4) is 0 Å². The monoisotopic (exact) mass is 504 g/mol. The minimum absolute atomic E-state index is 0.0354. The van der Waals surface area contributed by atoms with Gasteiger partial charge in [0.05, 0.1) is 35.6 Å². The summed E-state index contributed by atoms with van der Waals surface area (Å²) in [6, 6.07) is 17.3. The molecular weight excluding hydrogens is 468 g/mol. The smallest absolute Gasteiger partial charge is 0.142 e. The molecule has 2 aromatic heterocycles. The van der Waals surface area contributed by atoms with Crippen molar-refractivity contribution in [2.75, 3.05) is 32.8 Å². The summed E-state index contributed by atoms with van der Waals surface area (Å²) in [5.41, 5.74) is 3.61. The van der Waals surface area contributed by atoms with Gasteiger partial charge in [-0.05, 0) is 38.1 Å². The number of fused-ring (bicyclic) bond motifs is 2. The third kappa shape index (κ3) is 6.17. The summed E-state index contributed by atoms with van der Waals surface area (Å²) in [5.74, 6) is 0.325. The SMILES string of the molecule is CCN(Cc1nc2ccccc2cc1O)C(C)Cc1c(O)c(CN(CCO)CCO)nc2ccccc12. The second-order valence-electron chi connectivity index (χ2n) is 9.39. The number of likely N-dealkylation sites (N-methyl/N-ethyl adjacent to an activating group) is 1. The highest BCUT2D eigenvalue weighted by molar-refractivity contribution is 5.85. The summed E-state index contributed by atoms with van der Waals surface area (Å²) in [6.45, 7) is 6.41. The van der Waals surface area contributed by atoms with Gasteiger partial charge >= 0.3 is 0 Å². The Kier molecular flexibility index (Phi) is 8.89. The lowest BCUT2D eigenvalue weighted by Crippen LogP contribution is -2.34. The molecule has 0 bridgehead atoms. The van der Waals surface area contributed by atoms with Crippen molar-refractivity contribution in [1.29, 1.82) is 0 Å². The van der Waals surface area contributed by atoms with Gasteiger partial charge in [-0.25, -0.2) is 9.97 Å². The van der Waals surface area contributed by atoms with E-state index in [1.807, 2.05) is 53.4 Å². The second-order valence-corrected chi connectivity index (χ2v) is 9.39. The molecule has 0 saturated heterocycles. The summed E-state index contributed by atoms with van der Waals surface area (Å²) in [6.07, 6.45) is 0.573. The molecule has 0 amide bonds. The average Bonchev–Trinajstić information content (AvgIpc) is 2.90. The van der Waals surface area contributed by atoms with E-state index in [-0.39, 0.29) is 30.8 Å². The molecule has 0 saturated carbocycles. The van der Waals surface area contributed by atoms with Gasteiger partial charge in [-0.2, -0.15) is 0 Å². The highest BCUT2D eigenvalue weighted by Crippen LogP contribution is 2.32. The fourth-order valence-electron chi connectivity index (χ4n) is 4.87. The number of hydrogen-bond acceptors (Lipinski definition) is 8. The summed E-state index contributed by atoms with van der Waals surface area (Å²) >= 11 is 0. The Balaban J connectivity index is 1.63. The third-order valence-electron chi connectivity index (χ3n) is 6.91. The Labute approximate surface area is 217 Å². The number of para-hydroxylation sites is 2. The van der Waals surface area contributed by atoms with Crippen LogP contribution >= 0.6 is 0 Å². The maximum absolute atomic E-state index is 11.3. The molecule has 196 valence electrons. The molecule has 8 nitrogen and oxygen atoms in total. The van der Waals surface area contributed by atoms with E-state index >= 15 is 0 Å². The first kappa shape index (κ1) is 26.8. The predicted molar refractivity (Wildman–Crippen MR) is 146 cm³/mol. The van der Waals surface area contributed by atoms with Crippen molar-refractivity contribution >= 4 is 21.8 Å². The molecule has 0 spiro atoms. The Bertz CT molecular complexity index is 1340. The Hall–Kier alpha value is -3.30. The molecule has 1 atom stereocenters. The quantitative estimate of drug-likeness (QED) is 0.232. The molecular formula is C29H36N4O4. The van der Waals surface area contributed by atoms with Crippen molar-refractivity contribution in [2.24, 2.45) is 0 Å². The van der Waals surface area contributed by atoms with Crippen LogP contribution in [0.5, 0.6) is 11.5 Å². The van der Waals surface area contributed by atoms with Gasteiger partial charge in [0.25, 0.3) is 0 Å². The Morgan fingerprint density at radius 2 is 1.49 bits per heavy atom. The third-order valence-corrected chi connectivity index (χ3v) is 6.91. The summed E-state index contributed by atoms with van der Waals surface area (Å²) in [4.78, 5) is 13.5. The van der Waals surface area contributed by atoms with Crippen LogP contribution in [-0.4, -0.2) is 79.1 Å². The molecule has 2 aromatic carbocycles. The fraction of sp³-hybridized carbons (Fsp3) is 0.379. The summed E-state index contributed by atoms with van der Waals surface area (Å²) in [7, 11) is 0. The van der Waals surface area contributed by atoms with Crippen LogP contribution in [0, 0.1) is 0 Å². The first-order valence-corrected chi connectivity index (χ1v) is 12.8. The lowest BCUT2D eigenvalue weighted by atomic mass is 9.98. The second kappa shape index (κ2) is 12.3. The number of aromatic nitrogens is 2. The van der Waals surface area contributed by atoms with Crippen LogP contribution in [-0.2, 0) is 19.5 Å². The van der Waals surface area contributed by atoms with E-state index < -0.39 is 0 Å². The lowest BCUT2D eigenvalue weighted by molar-refractivity contribution is 0.153. The topological polar surface area (TPSA) is 113 Å². The molecule has 0 radical (unpaired) electrons. The van der Waals surface area contributed by atoms with E-state index in [1.54, 1.807) is 6.07 Å². The van der Waals surface area contributed by atoms with Gasteiger partial charge < -0.3 is 20.4 Å². The van der Waals surface area contributed by atoms with E-state index in [9.17, 15) is 20.4 Å². The van der Waals surface area contributed by atoms with Gasteiger partial charge in [0.2, 0.25) is 0 Å². The van der Waals surface area contributed by atoms with Crippen molar-refractivity contribution in [3.05, 3.63) is 71.5 Å². The molecule has 37 heavy (non-hydrogen) atoms. The average molecular weight is 505 g/mol. The van der Waals surface area contributed by atoms with E-state index in [1.165, 1.54) is 0 Å². The molecule has 0 aliphatic heterocycles. The number of benzene rings is 2. The summed E-state index contributed by atoms with van der Waals surface area (Å²) in [5, 5.41) is 42.6. The highest BCUT2D eigenvalue weighted by atomic mass is 16.3. The molecule has 0 fully saturated rings. The van der Waals surface area contributed by atoms with Crippen LogP contribution in [0.2, 0.25) is 0 Å².